The number of fused-ring (bicyclic) bond motifs is 3. The van der Waals surface area contributed by atoms with Crippen LogP contribution >= 0.6 is 23.4 Å². The Kier molecular flexibility index (Phi) is 6.12. The van der Waals surface area contributed by atoms with E-state index in [2.05, 4.69) is 4.98 Å². The van der Waals surface area contributed by atoms with Gasteiger partial charge < -0.3 is 9.47 Å². The van der Waals surface area contributed by atoms with Crippen LogP contribution in [0.2, 0.25) is 5.02 Å². The number of thioether (sulfide) groups is 1. The number of methoxy groups -OCH3 is 2. The lowest BCUT2D eigenvalue weighted by molar-refractivity contribution is -0.763. The van der Waals surface area contributed by atoms with E-state index < -0.39 is 6.17 Å². The molecule has 0 fully saturated rings. The van der Waals surface area contributed by atoms with Crippen molar-refractivity contribution in [1.29, 1.82) is 0 Å². The number of carbonyl (C=O) groups excluding carboxylic acids is 1. The molecule has 0 bridgehead atoms. The number of hydrogen-bond acceptors (Lipinski definition) is 6. The van der Waals surface area contributed by atoms with Crippen LogP contribution in [0.3, 0.4) is 0 Å². The van der Waals surface area contributed by atoms with Crippen molar-refractivity contribution in [3.63, 3.8) is 0 Å². The zero-order valence-electron chi connectivity index (χ0n) is 18.0. The Balaban J connectivity index is 2.13. The van der Waals surface area contributed by atoms with Gasteiger partial charge in [-0.05, 0) is 28.6 Å². The summed E-state index contributed by atoms with van der Waals surface area (Å²) in [5.74, 6) is 1.30. The van der Waals surface area contributed by atoms with E-state index in [1.54, 1.807) is 33.8 Å². The summed E-state index contributed by atoms with van der Waals surface area (Å²) >= 11 is 7.80. The molecular formula is C22H22ClN4O4S+. The fourth-order valence-electron chi connectivity index (χ4n) is 3.95. The smallest absolute Gasteiger partial charge is 0.325 e. The van der Waals surface area contributed by atoms with Gasteiger partial charge in [0.05, 0.1) is 31.0 Å². The standard InChI is InChI=1S/C22H21ClN4O4S/c1-5-32-22-24-20(29)18-14-8-6-7-9-16(14)26(12(2)28)21(27(18)25-22)15-10-13(23)11-17(30-3)19(15)31-4/h6-11,21H,5H2,1-4H3/p+1/t21-/m0/s1. The Bertz CT molecular complexity index is 1260. The van der Waals surface area contributed by atoms with Crippen molar-refractivity contribution in [2.75, 3.05) is 24.9 Å². The second kappa shape index (κ2) is 8.84. The number of aromatic nitrogens is 3. The van der Waals surface area contributed by atoms with Crippen molar-refractivity contribution < 1.29 is 19.0 Å². The van der Waals surface area contributed by atoms with Crippen LogP contribution in [0.25, 0.3) is 11.3 Å². The van der Waals surface area contributed by atoms with Gasteiger partial charge >= 0.3 is 11.3 Å². The first-order valence-corrected chi connectivity index (χ1v) is 11.3. The number of ether oxygens (including phenoxy) is 2. The van der Waals surface area contributed by atoms with Gasteiger partial charge in [-0.2, -0.15) is 0 Å². The lowest BCUT2D eigenvalue weighted by Gasteiger charge is -2.32. The Labute approximate surface area is 194 Å². The molecule has 8 nitrogen and oxygen atoms in total. The van der Waals surface area contributed by atoms with Crippen molar-refractivity contribution in [2.45, 2.75) is 25.2 Å². The van der Waals surface area contributed by atoms with Crippen molar-refractivity contribution in [3.05, 3.63) is 57.3 Å². The molecule has 2 heterocycles. The van der Waals surface area contributed by atoms with Gasteiger partial charge in [0.1, 0.15) is 0 Å². The van der Waals surface area contributed by atoms with Crippen LogP contribution in [0, 0.1) is 0 Å². The highest BCUT2D eigenvalue weighted by Gasteiger charge is 2.46. The molecule has 1 aromatic heterocycles. The fraction of sp³-hybridized carbons (Fsp3) is 0.273. The number of para-hydroxylation sites is 1. The van der Waals surface area contributed by atoms with E-state index in [1.165, 1.54) is 32.9 Å². The first-order chi connectivity index (χ1) is 15.4. The number of amides is 1. The van der Waals surface area contributed by atoms with E-state index in [9.17, 15) is 9.59 Å². The summed E-state index contributed by atoms with van der Waals surface area (Å²) in [4.78, 5) is 30.6. The van der Waals surface area contributed by atoms with Crippen LogP contribution in [0.5, 0.6) is 11.5 Å². The van der Waals surface area contributed by atoms with Crippen molar-refractivity contribution in [3.8, 4) is 22.8 Å². The molecule has 0 saturated carbocycles. The molecule has 0 radical (unpaired) electrons. The van der Waals surface area contributed by atoms with Crippen molar-refractivity contribution in [1.82, 2.24) is 10.1 Å². The molecule has 166 valence electrons. The molecule has 10 heteroatoms. The second-order valence-electron chi connectivity index (χ2n) is 7.00. The summed E-state index contributed by atoms with van der Waals surface area (Å²) in [5, 5.41) is 5.55. The summed E-state index contributed by atoms with van der Waals surface area (Å²) < 4.78 is 12.7. The molecule has 0 spiro atoms. The SMILES string of the molecule is CCSc1n[n+]2c(c(=O)[nH]1)-c1ccccc1N(C(C)=O)[C@@H]2c1cc(Cl)cc(OC)c1OC. The average Bonchev–Trinajstić information content (AvgIpc) is 2.77. The zero-order chi connectivity index (χ0) is 23.0. The summed E-state index contributed by atoms with van der Waals surface area (Å²) in [6.07, 6.45) is -0.821. The Morgan fingerprint density at radius 1 is 1.28 bits per heavy atom. The van der Waals surface area contributed by atoms with Gasteiger partial charge in [0.2, 0.25) is 11.1 Å². The lowest BCUT2D eigenvalue weighted by Crippen LogP contribution is -2.60. The van der Waals surface area contributed by atoms with Crippen molar-refractivity contribution in [2.24, 2.45) is 0 Å². The molecule has 3 aromatic rings. The van der Waals surface area contributed by atoms with Gasteiger partial charge in [-0.25, -0.2) is 4.90 Å². The number of benzene rings is 2. The Morgan fingerprint density at radius 2 is 2.03 bits per heavy atom. The van der Waals surface area contributed by atoms with Gasteiger partial charge in [-0.15, -0.1) is 0 Å². The maximum Gasteiger partial charge on any atom is 0.325 e. The molecule has 0 unspecified atom stereocenters. The maximum atomic E-state index is 13.2. The minimum Gasteiger partial charge on any atom is -0.493 e. The number of carbonyl (C=O) groups is 1. The minimum atomic E-state index is -0.821. The van der Waals surface area contributed by atoms with Gasteiger partial charge in [0.25, 0.3) is 6.17 Å². The average molecular weight is 474 g/mol. The van der Waals surface area contributed by atoms with Crippen molar-refractivity contribution >= 4 is 35.0 Å². The number of hydrogen-bond donors (Lipinski definition) is 1. The van der Waals surface area contributed by atoms with Crippen LogP contribution in [-0.2, 0) is 4.79 Å². The maximum absolute atomic E-state index is 13.2. The molecule has 1 amide bonds. The number of H-pyrrole nitrogens is 1. The summed E-state index contributed by atoms with van der Waals surface area (Å²) in [7, 11) is 3.02. The largest absolute Gasteiger partial charge is 0.493 e. The Hall–Kier alpha value is -3.04. The van der Waals surface area contributed by atoms with E-state index in [1.807, 2.05) is 19.1 Å². The molecule has 1 aliphatic rings. The molecule has 0 saturated heterocycles. The van der Waals surface area contributed by atoms with E-state index >= 15 is 0 Å². The van der Waals surface area contributed by atoms with E-state index in [0.717, 1.165) is 0 Å². The van der Waals surface area contributed by atoms with Crippen LogP contribution < -0.4 is 24.6 Å². The molecule has 1 N–H and O–H groups in total. The molecule has 0 aliphatic carbocycles. The third-order valence-electron chi connectivity index (χ3n) is 5.13. The van der Waals surface area contributed by atoms with Gasteiger partial charge in [-0.1, -0.05) is 42.4 Å². The predicted octanol–water partition coefficient (Wildman–Crippen LogP) is 3.42. The number of nitrogens with one attached hydrogen (secondary N) is 1. The van der Waals surface area contributed by atoms with Crippen LogP contribution in [-0.4, -0.2) is 36.0 Å². The highest BCUT2D eigenvalue weighted by Crippen LogP contribution is 2.43. The fourth-order valence-corrected chi connectivity index (χ4v) is 4.75. The van der Waals surface area contributed by atoms with Crippen LogP contribution in [0.1, 0.15) is 25.6 Å². The summed E-state index contributed by atoms with van der Waals surface area (Å²) in [6.45, 7) is 3.44. The Morgan fingerprint density at radius 3 is 2.69 bits per heavy atom. The third kappa shape index (κ3) is 3.61. The predicted molar refractivity (Wildman–Crippen MR) is 123 cm³/mol. The number of halogens is 1. The molecule has 4 rings (SSSR count). The van der Waals surface area contributed by atoms with Crippen LogP contribution in [0.15, 0.2) is 46.3 Å². The molecule has 32 heavy (non-hydrogen) atoms. The monoisotopic (exact) mass is 473 g/mol. The van der Waals surface area contributed by atoms with Gasteiger partial charge in [-0.3, -0.25) is 14.6 Å². The number of nitrogens with zero attached hydrogens (tertiary/aromatic N) is 3. The normalized spacial score (nSPS) is 14.5. The second-order valence-corrected chi connectivity index (χ2v) is 8.68. The molecular weight excluding hydrogens is 452 g/mol. The zero-order valence-corrected chi connectivity index (χ0v) is 19.6. The number of anilines is 1. The molecule has 2 aromatic carbocycles. The minimum absolute atomic E-state index is 0.228. The lowest BCUT2D eigenvalue weighted by atomic mass is 10.0. The number of rotatable bonds is 5. The topological polar surface area (TPSA) is 88.4 Å². The number of aromatic amines is 1. The quantitative estimate of drug-likeness (QED) is 0.451. The highest BCUT2D eigenvalue weighted by molar-refractivity contribution is 7.99. The van der Waals surface area contributed by atoms with Gasteiger partial charge in [0, 0.05) is 23.1 Å². The first-order valence-electron chi connectivity index (χ1n) is 9.90. The highest BCUT2D eigenvalue weighted by atomic mass is 35.5. The first kappa shape index (κ1) is 22.2. The van der Waals surface area contributed by atoms with Crippen LogP contribution in [0.4, 0.5) is 5.69 Å². The molecule has 1 aliphatic heterocycles. The molecule has 1 atom stereocenters. The summed E-state index contributed by atoms with van der Waals surface area (Å²) in [6, 6.07) is 10.6. The van der Waals surface area contributed by atoms with E-state index in [0.29, 0.717) is 49.9 Å². The van der Waals surface area contributed by atoms with E-state index in [4.69, 9.17) is 26.2 Å². The van der Waals surface area contributed by atoms with E-state index in [-0.39, 0.29) is 11.5 Å². The third-order valence-corrected chi connectivity index (χ3v) is 6.09. The summed E-state index contributed by atoms with van der Waals surface area (Å²) in [5.41, 5.74) is 1.77. The van der Waals surface area contributed by atoms with Gasteiger partial charge in [0.15, 0.2) is 11.5 Å².